The van der Waals surface area contributed by atoms with E-state index in [4.69, 9.17) is 24.3 Å². The molecule has 0 fully saturated rings. The first-order chi connectivity index (χ1) is 49.8. The van der Waals surface area contributed by atoms with Gasteiger partial charge in [-0.25, -0.2) is 4.57 Å². The number of esters is 2. The molecule has 0 rings (SSSR count). The van der Waals surface area contributed by atoms with E-state index in [9.17, 15) is 19.0 Å². The Kier molecular flexibility index (Phi) is 80.0. The van der Waals surface area contributed by atoms with E-state index in [-0.39, 0.29) is 38.6 Å². The lowest BCUT2D eigenvalue weighted by Gasteiger charge is -2.19. The van der Waals surface area contributed by atoms with Gasteiger partial charge in [-0.2, -0.15) is 0 Å². The summed E-state index contributed by atoms with van der Waals surface area (Å²) >= 11 is 0. The Labute approximate surface area is 622 Å². The summed E-state index contributed by atoms with van der Waals surface area (Å²) in [5, 5.41) is 0. The molecule has 0 aromatic carbocycles. The predicted molar refractivity (Wildman–Crippen MR) is 440 cm³/mol. The van der Waals surface area contributed by atoms with Crippen LogP contribution in [0, 0.1) is 0 Å². The molecule has 0 saturated carbocycles. The Hall–Kier alpha value is -4.89. The van der Waals surface area contributed by atoms with Gasteiger partial charge in [0.1, 0.15) is 6.61 Å². The molecule has 0 aliphatic carbocycles. The van der Waals surface area contributed by atoms with E-state index >= 15 is 0 Å². The Bertz CT molecular complexity index is 2330. The lowest BCUT2D eigenvalue weighted by Crippen LogP contribution is -2.29. The third-order valence-electron chi connectivity index (χ3n) is 17.3. The number of phosphoric acid groups is 1. The van der Waals surface area contributed by atoms with Crippen molar-refractivity contribution in [2.45, 2.75) is 354 Å². The highest BCUT2D eigenvalue weighted by atomic mass is 31.2. The van der Waals surface area contributed by atoms with E-state index in [2.05, 4.69) is 196 Å². The maximum atomic E-state index is 12.8. The molecule has 0 aromatic heterocycles. The van der Waals surface area contributed by atoms with Gasteiger partial charge in [-0.1, -0.05) is 382 Å². The van der Waals surface area contributed by atoms with Crippen molar-refractivity contribution in [3.63, 3.8) is 0 Å². The number of nitrogens with two attached hydrogens (primary N) is 1. The summed E-state index contributed by atoms with van der Waals surface area (Å²) in [6.07, 6.45) is 126. The smallest absolute Gasteiger partial charge is 0.462 e. The Morgan fingerprint density at radius 2 is 0.515 bits per heavy atom. The quantitative estimate of drug-likeness (QED) is 0.0264. The molecule has 3 N–H and O–H groups in total. The number of hydrogen-bond acceptors (Lipinski definition) is 8. The van der Waals surface area contributed by atoms with Gasteiger partial charge in [0.05, 0.1) is 13.2 Å². The molecule has 0 aliphatic rings. The molecule has 0 radical (unpaired) electrons. The van der Waals surface area contributed by atoms with Crippen LogP contribution < -0.4 is 5.73 Å². The largest absolute Gasteiger partial charge is 0.472 e. The van der Waals surface area contributed by atoms with Gasteiger partial charge in [0.15, 0.2) is 6.10 Å². The lowest BCUT2D eigenvalue weighted by atomic mass is 10.0. The van der Waals surface area contributed by atoms with Crippen LogP contribution >= 0.6 is 7.82 Å². The summed E-state index contributed by atoms with van der Waals surface area (Å²) in [5.74, 6) is -0.829. The van der Waals surface area contributed by atoms with Gasteiger partial charge < -0.3 is 20.1 Å². The molecule has 0 saturated heterocycles. The number of rotatable bonds is 76. The van der Waals surface area contributed by atoms with Crippen molar-refractivity contribution in [2.24, 2.45) is 5.73 Å². The SMILES string of the molecule is CC/C=C\C/C=C\C/C=C\C/C=C\C/C=C\C/C=C\C/C=C\C/C=C\C/C=C\C/C=C\CCCCCCCCCCCCC(=O)OC(COC(=O)CCCCCCCCCCCCCCCCCCCCCCCCC/C=C\C/C=C\C/C=C\C/C=C\C/C=C\CC)COP(=O)(O)OCCN. The van der Waals surface area contributed by atoms with E-state index in [0.29, 0.717) is 6.42 Å². The predicted octanol–water partition coefficient (Wildman–Crippen LogP) is 28.2. The number of unbranched alkanes of at least 4 members (excludes halogenated alkanes) is 33. The molecule has 10 heteroatoms. The summed E-state index contributed by atoms with van der Waals surface area (Å²) < 4.78 is 33.3. The summed E-state index contributed by atoms with van der Waals surface area (Å²) in [6, 6.07) is 0. The molecule has 0 aromatic rings. The average Bonchev–Trinajstić information content (AvgIpc) is 1.04. The van der Waals surface area contributed by atoms with Crippen molar-refractivity contribution < 1.29 is 37.6 Å². The highest BCUT2D eigenvalue weighted by molar-refractivity contribution is 7.47. The fourth-order valence-electron chi connectivity index (χ4n) is 11.3. The van der Waals surface area contributed by atoms with Crippen molar-refractivity contribution in [3.05, 3.63) is 182 Å². The van der Waals surface area contributed by atoms with E-state index in [1.54, 1.807) is 0 Å². The summed E-state index contributed by atoms with van der Waals surface area (Å²) in [5.41, 5.74) is 5.42. The van der Waals surface area contributed by atoms with Crippen LogP contribution in [0.3, 0.4) is 0 Å². The first kappa shape index (κ1) is 96.1. The molecule has 0 bridgehead atoms. The van der Waals surface area contributed by atoms with Crippen LogP contribution in [-0.2, 0) is 32.7 Å². The molecule has 0 heterocycles. The fourth-order valence-corrected chi connectivity index (χ4v) is 12.0. The summed E-state index contributed by atoms with van der Waals surface area (Å²) in [7, 11) is -4.41. The van der Waals surface area contributed by atoms with Crippen molar-refractivity contribution >= 4 is 19.8 Å². The molecule has 9 nitrogen and oxygen atoms in total. The van der Waals surface area contributed by atoms with Crippen LogP contribution in [0.2, 0.25) is 0 Å². The monoisotopic (exact) mass is 1420 g/mol. The minimum Gasteiger partial charge on any atom is -0.462 e. The first-order valence-corrected chi connectivity index (χ1v) is 42.8. The standard InChI is InChI=1S/C91H152NO8P/c1-3-5-7-9-11-13-15-17-19-21-23-25-27-29-31-33-35-37-39-41-43-44-46-48-50-52-54-56-58-60-62-64-66-68-70-72-74-76-78-80-82-84-91(94)100-89(88-99-101(95,96)98-86-85-92)87-97-90(93)83-81-79-77-75-73-71-69-67-65-63-61-59-57-55-53-51-49-47-45-42-40-38-36-34-32-30-28-26-24-22-20-18-16-14-12-10-8-6-4-2/h5-8,11-14,17-20,23-26,29-32,35,37,41,43,46,48,52,54,58,60,89H,3-4,9-10,15-16,21-22,27-28,33-34,36,38-40,42,44-45,47,49-51,53,55-57,59,61-88,92H2,1-2H3,(H,95,96)/b7-5-,8-6-,13-11-,14-12-,19-17-,20-18-,25-23-,26-24-,31-29-,32-30-,37-35-,43-41-,48-46-,54-52-,60-58-. The second kappa shape index (κ2) is 84.1. The van der Waals surface area contributed by atoms with Crippen LogP contribution in [0.15, 0.2) is 182 Å². The maximum absolute atomic E-state index is 12.8. The van der Waals surface area contributed by atoms with Gasteiger partial charge in [0.25, 0.3) is 0 Å². The van der Waals surface area contributed by atoms with E-state index < -0.39 is 26.5 Å². The van der Waals surface area contributed by atoms with Gasteiger partial charge in [-0.3, -0.25) is 18.6 Å². The summed E-state index contributed by atoms with van der Waals surface area (Å²) in [4.78, 5) is 35.5. The van der Waals surface area contributed by atoms with Gasteiger partial charge in [-0.05, 0) is 135 Å². The Morgan fingerprint density at radius 1 is 0.297 bits per heavy atom. The van der Waals surface area contributed by atoms with Crippen molar-refractivity contribution in [2.75, 3.05) is 26.4 Å². The number of carbonyl (C=O) groups is 2. The highest BCUT2D eigenvalue weighted by Gasteiger charge is 2.26. The third kappa shape index (κ3) is 83.9. The van der Waals surface area contributed by atoms with E-state index in [1.807, 2.05) is 0 Å². The lowest BCUT2D eigenvalue weighted by molar-refractivity contribution is -0.161. The molecular formula is C91H152NO8P. The number of hydrogen-bond donors (Lipinski definition) is 2. The molecule has 2 unspecified atom stereocenters. The van der Waals surface area contributed by atoms with E-state index in [0.717, 1.165) is 141 Å². The van der Waals surface area contributed by atoms with Crippen LogP contribution in [0.25, 0.3) is 0 Å². The average molecular weight is 1420 g/mol. The van der Waals surface area contributed by atoms with Gasteiger partial charge in [0, 0.05) is 19.4 Å². The number of phosphoric ester groups is 1. The fraction of sp³-hybridized carbons (Fsp3) is 0.648. The summed E-state index contributed by atoms with van der Waals surface area (Å²) in [6.45, 7) is 3.53. The second-order valence-electron chi connectivity index (χ2n) is 26.9. The molecule has 0 aliphatic heterocycles. The third-order valence-corrected chi connectivity index (χ3v) is 18.3. The normalized spacial score (nSPS) is 13.8. The molecule has 574 valence electrons. The van der Waals surface area contributed by atoms with Crippen LogP contribution in [0.5, 0.6) is 0 Å². The number of allylic oxidation sites excluding steroid dienone is 30. The number of ether oxygens (including phenoxy) is 2. The van der Waals surface area contributed by atoms with Crippen LogP contribution in [-0.4, -0.2) is 49.3 Å². The molecular weight excluding hydrogens is 1270 g/mol. The molecule has 101 heavy (non-hydrogen) atoms. The Balaban J connectivity index is 3.86. The molecule has 0 spiro atoms. The van der Waals surface area contributed by atoms with Crippen molar-refractivity contribution in [1.82, 2.24) is 0 Å². The van der Waals surface area contributed by atoms with E-state index in [1.165, 1.54) is 173 Å². The molecule has 0 amide bonds. The van der Waals surface area contributed by atoms with Crippen molar-refractivity contribution in [1.29, 1.82) is 0 Å². The zero-order valence-electron chi connectivity index (χ0n) is 64.8. The van der Waals surface area contributed by atoms with Gasteiger partial charge in [-0.15, -0.1) is 0 Å². The Morgan fingerprint density at radius 3 is 0.762 bits per heavy atom. The maximum Gasteiger partial charge on any atom is 0.472 e. The highest BCUT2D eigenvalue weighted by Crippen LogP contribution is 2.43. The minimum atomic E-state index is -4.41. The van der Waals surface area contributed by atoms with Gasteiger partial charge in [0.2, 0.25) is 0 Å². The zero-order valence-corrected chi connectivity index (χ0v) is 65.7. The topological polar surface area (TPSA) is 134 Å². The van der Waals surface area contributed by atoms with Crippen LogP contribution in [0.4, 0.5) is 0 Å². The van der Waals surface area contributed by atoms with Gasteiger partial charge >= 0.3 is 19.8 Å². The van der Waals surface area contributed by atoms with Crippen molar-refractivity contribution in [3.8, 4) is 0 Å². The second-order valence-corrected chi connectivity index (χ2v) is 28.3. The van der Waals surface area contributed by atoms with Crippen LogP contribution in [0.1, 0.15) is 348 Å². The first-order valence-electron chi connectivity index (χ1n) is 41.3. The minimum absolute atomic E-state index is 0.0469. The molecule has 2 atom stereocenters. The number of carbonyl (C=O) groups excluding carboxylic acids is 2. The zero-order chi connectivity index (χ0) is 72.9.